The predicted octanol–water partition coefficient (Wildman–Crippen LogP) is 2.72. The number of hydrogen-bond donors (Lipinski definition) is 2. The quantitative estimate of drug-likeness (QED) is 0.600. The fourth-order valence-electron chi connectivity index (χ4n) is 3.65. The van der Waals surface area contributed by atoms with Crippen LogP contribution in [-0.2, 0) is 34.2 Å². The Kier molecular flexibility index (Phi) is 5.72. The molecule has 2 aromatic carbocycles. The molecular formula is C23H22N4O4S. The van der Waals surface area contributed by atoms with Crippen molar-refractivity contribution in [3.63, 3.8) is 0 Å². The van der Waals surface area contributed by atoms with Gasteiger partial charge in [-0.05, 0) is 17.7 Å². The maximum Gasteiger partial charge on any atom is 0.270 e. The van der Waals surface area contributed by atoms with Crippen LogP contribution >= 0.6 is 11.8 Å². The highest BCUT2D eigenvalue weighted by atomic mass is 32.2. The lowest BCUT2D eigenvalue weighted by Gasteiger charge is -2.25. The van der Waals surface area contributed by atoms with Crippen LogP contribution in [-0.4, -0.2) is 34.3 Å². The summed E-state index contributed by atoms with van der Waals surface area (Å²) in [5.41, 5.74) is 2.87. The van der Waals surface area contributed by atoms with Crippen LogP contribution in [0.2, 0.25) is 0 Å². The van der Waals surface area contributed by atoms with Crippen LogP contribution in [0.3, 0.4) is 0 Å². The number of nitrogens with one attached hydrogen (secondary N) is 2. The number of nitrogens with zero attached hydrogens (tertiary/aromatic N) is 2. The third-order valence-corrected chi connectivity index (χ3v) is 6.26. The van der Waals surface area contributed by atoms with Gasteiger partial charge in [-0.15, -0.1) is 0 Å². The molecule has 0 bridgehead atoms. The van der Waals surface area contributed by atoms with Crippen molar-refractivity contribution >= 4 is 29.4 Å². The molecule has 1 aromatic heterocycles. The molecule has 2 aliphatic heterocycles. The molecule has 1 atom stereocenters. The predicted molar refractivity (Wildman–Crippen MR) is 120 cm³/mol. The third-order valence-electron chi connectivity index (χ3n) is 5.29. The average Bonchev–Trinajstić information content (AvgIpc) is 3.40. The van der Waals surface area contributed by atoms with Crippen LogP contribution in [0.5, 0.6) is 11.5 Å². The molecule has 3 aromatic rings. The van der Waals surface area contributed by atoms with Gasteiger partial charge in [-0.25, -0.2) is 4.68 Å². The van der Waals surface area contributed by atoms with Crippen LogP contribution in [0.15, 0.2) is 54.6 Å². The Morgan fingerprint density at radius 3 is 2.69 bits per heavy atom. The van der Waals surface area contributed by atoms with Gasteiger partial charge < -0.3 is 20.1 Å². The Bertz CT molecular complexity index is 1150. The molecule has 0 radical (unpaired) electrons. The number of benzene rings is 2. The number of rotatable bonds is 6. The second kappa shape index (κ2) is 8.96. The number of amides is 2. The molecule has 0 aliphatic carbocycles. The molecule has 3 heterocycles. The van der Waals surface area contributed by atoms with Crippen molar-refractivity contribution in [3.05, 3.63) is 71.4 Å². The molecule has 2 aliphatic rings. The number of ether oxygens (including phenoxy) is 2. The van der Waals surface area contributed by atoms with Gasteiger partial charge in [0, 0.05) is 23.6 Å². The zero-order valence-electron chi connectivity index (χ0n) is 17.2. The highest BCUT2D eigenvalue weighted by Gasteiger charge is 2.31. The Morgan fingerprint density at radius 2 is 1.84 bits per heavy atom. The van der Waals surface area contributed by atoms with E-state index in [0.29, 0.717) is 23.9 Å². The Morgan fingerprint density at radius 1 is 1.06 bits per heavy atom. The summed E-state index contributed by atoms with van der Waals surface area (Å²) in [6.07, 6.45) is -0.787. The SMILES string of the molecule is O=C(Cn1nc2c(c1NC(=O)C1COc3ccccc3O1)CSC2)NCc1ccccc1. The van der Waals surface area contributed by atoms with E-state index in [2.05, 4.69) is 15.7 Å². The smallest absolute Gasteiger partial charge is 0.270 e. The van der Waals surface area contributed by atoms with E-state index >= 15 is 0 Å². The fraction of sp³-hybridized carbons (Fsp3) is 0.261. The number of carbonyl (C=O) groups excluding carboxylic acids is 2. The normalized spacial score (nSPS) is 16.3. The third kappa shape index (κ3) is 4.29. The van der Waals surface area contributed by atoms with Crippen LogP contribution < -0.4 is 20.1 Å². The maximum atomic E-state index is 13.0. The molecule has 2 N–H and O–H groups in total. The first-order chi connectivity index (χ1) is 15.7. The molecule has 1 unspecified atom stereocenters. The molecule has 2 amide bonds. The van der Waals surface area contributed by atoms with Gasteiger partial charge in [0.1, 0.15) is 19.0 Å². The van der Waals surface area contributed by atoms with Crippen molar-refractivity contribution in [1.82, 2.24) is 15.1 Å². The van der Waals surface area contributed by atoms with E-state index in [1.807, 2.05) is 42.5 Å². The first-order valence-corrected chi connectivity index (χ1v) is 11.5. The molecule has 9 heteroatoms. The summed E-state index contributed by atoms with van der Waals surface area (Å²) in [6, 6.07) is 17.0. The number of hydrogen-bond acceptors (Lipinski definition) is 6. The van der Waals surface area contributed by atoms with Gasteiger partial charge >= 0.3 is 0 Å². The molecule has 32 heavy (non-hydrogen) atoms. The van der Waals surface area contributed by atoms with E-state index in [1.54, 1.807) is 28.6 Å². The van der Waals surface area contributed by atoms with Crippen molar-refractivity contribution in [2.75, 3.05) is 11.9 Å². The van der Waals surface area contributed by atoms with Gasteiger partial charge in [-0.2, -0.15) is 16.9 Å². The lowest BCUT2D eigenvalue weighted by Crippen LogP contribution is -2.41. The van der Waals surface area contributed by atoms with Crippen molar-refractivity contribution in [3.8, 4) is 11.5 Å². The van der Waals surface area contributed by atoms with Gasteiger partial charge in [0.05, 0.1) is 5.69 Å². The first kappa shape index (κ1) is 20.4. The first-order valence-electron chi connectivity index (χ1n) is 10.3. The second-order valence-electron chi connectivity index (χ2n) is 7.54. The minimum absolute atomic E-state index is 0.0188. The maximum absolute atomic E-state index is 13.0. The van der Waals surface area contributed by atoms with E-state index in [-0.39, 0.29) is 25.0 Å². The molecule has 0 spiro atoms. The largest absolute Gasteiger partial charge is 0.485 e. The monoisotopic (exact) mass is 450 g/mol. The van der Waals surface area contributed by atoms with Crippen molar-refractivity contribution in [2.45, 2.75) is 30.7 Å². The van der Waals surface area contributed by atoms with Crippen LogP contribution in [0.25, 0.3) is 0 Å². The van der Waals surface area contributed by atoms with Gasteiger partial charge in [-0.1, -0.05) is 42.5 Å². The van der Waals surface area contributed by atoms with Crippen LogP contribution in [0.4, 0.5) is 5.82 Å². The Balaban J connectivity index is 1.28. The molecule has 164 valence electrons. The lowest BCUT2D eigenvalue weighted by molar-refractivity contribution is -0.125. The van der Waals surface area contributed by atoms with Crippen LogP contribution in [0, 0.1) is 0 Å². The number of thioether (sulfide) groups is 1. The second-order valence-corrected chi connectivity index (χ2v) is 8.53. The molecule has 8 nitrogen and oxygen atoms in total. The standard InChI is InChI=1S/C23H22N4O4S/c28-21(24-10-15-6-2-1-3-7-15)11-27-22(16-13-32-14-17(16)26-27)25-23(29)20-12-30-18-8-4-5-9-19(18)31-20/h1-9,20H,10-14H2,(H,24,28)(H,25,29). The molecule has 0 fully saturated rings. The lowest BCUT2D eigenvalue weighted by atomic mass is 10.2. The molecule has 0 saturated heterocycles. The van der Waals surface area contributed by atoms with Gasteiger partial charge in [0.15, 0.2) is 11.5 Å². The summed E-state index contributed by atoms with van der Waals surface area (Å²) in [6.45, 7) is 0.571. The summed E-state index contributed by atoms with van der Waals surface area (Å²) in [5.74, 6) is 2.69. The summed E-state index contributed by atoms with van der Waals surface area (Å²) in [7, 11) is 0. The number of anilines is 1. The Labute approximate surface area is 189 Å². The number of carbonyl (C=O) groups is 2. The van der Waals surface area contributed by atoms with E-state index in [0.717, 1.165) is 28.3 Å². The highest BCUT2D eigenvalue weighted by molar-refractivity contribution is 7.98. The van der Waals surface area contributed by atoms with E-state index in [4.69, 9.17) is 9.47 Å². The summed E-state index contributed by atoms with van der Waals surface area (Å²) < 4.78 is 13.1. The van der Waals surface area contributed by atoms with Crippen LogP contribution in [0.1, 0.15) is 16.8 Å². The topological polar surface area (TPSA) is 94.5 Å². The van der Waals surface area contributed by atoms with Gasteiger partial charge in [-0.3, -0.25) is 9.59 Å². The minimum Gasteiger partial charge on any atom is -0.485 e. The van der Waals surface area contributed by atoms with Gasteiger partial charge in [0.25, 0.3) is 5.91 Å². The molecular weight excluding hydrogens is 428 g/mol. The summed E-state index contributed by atoms with van der Waals surface area (Å²) >= 11 is 1.73. The molecule has 5 rings (SSSR count). The highest BCUT2D eigenvalue weighted by Crippen LogP contribution is 2.35. The van der Waals surface area contributed by atoms with E-state index in [9.17, 15) is 9.59 Å². The van der Waals surface area contributed by atoms with Crippen molar-refractivity contribution in [2.24, 2.45) is 0 Å². The Hall–Kier alpha value is -3.46. The number of aromatic nitrogens is 2. The van der Waals surface area contributed by atoms with Crippen molar-refractivity contribution < 1.29 is 19.1 Å². The van der Waals surface area contributed by atoms with E-state index in [1.165, 1.54) is 0 Å². The fourth-order valence-corrected chi connectivity index (χ4v) is 4.69. The summed E-state index contributed by atoms with van der Waals surface area (Å²) in [4.78, 5) is 25.5. The zero-order valence-corrected chi connectivity index (χ0v) is 18.1. The number of para-hydroxylation sites is 2. The van der Waals surface area contributed by atoms with Gasteiger partial charge in [0.2, 0.25) is 12.0 Å². The zero-order chi connectivity index (χ0) is 21.9. The average molecular weight is 451 g/mol. The summed E-state index contributed by atoms with van der Waals surface area (Å²) in [5, 5.41) is 10.4. The number of fused-ring (bicyclic) bond motifs is 2. The van der Waals surface area contributed by atoms with Crippen molar-refractivity contribution in [1.29, 1.82) is 0 Å². The molecule has 0 saturated carbocycles. The minimum atomic E-state index is -0.787. The van der Waals surface area contributed by atoms with E-state index < -0.39 is 6.10 Å².